The molecule has 2 heterocycles. The average molecular weight is 460 g/mol. The van der Waals surface area contributed by atoms with Crippen LogP contribution in [0.25, 0.3) is 10.2 Å². The number of nitrogens with zero attached hydrogens (tertiary/aromatic N) is 2. The minimum absolute atomic E-state index is 0.0670. The molecule has 9 heteroatoms. The van der Waals surface area contributed by atoms with Crippen LogP contribution in [0, 0.1) is 0 Å². The molecule has 7 nitrogen and oxygen atoms in total. The van der Waals surface area contributed by atoms with E-state index in [0.717, 1.165) is 28.1 Å². The molecular formula is C22H25N3O4S2. The van der Waals surface area contributed by atoms with E-state index in [0.29, 0.717) is 12.2 Å². The molecule has 0 radical (unpaired) electrons. The van der Waals surface area contributed by atoms with Crippen LogP contribution in [0.2, 0.25) is 0 Å². The maximum absolute atomic E-state index is 13.1. The summed E-state index contributed by atoms with van der Waals surface area (Å²) < 4.78 is 34.5. The molecule has 2 aromatic carbocycles. The first kappa shape index (κ1) is 21.9. The van der Waals surface area contributed by atoms with Gasteiger partial charge in [0, 0.05) is 25.8 Å². The van der Waals surface area contributed by atoms with Crippen LogP contribution in [0.1, 0.15) is 41.2 Å². The number of benzene rings is 2. The number of aromatic nitrogens is 1. The number of carbonyl (C=O) groups excluding carboxylic acids is 1. The van der Waals surface area contributed by atoms with Gasteiger partial charge in [0.05, 0.1) is 27.3 Å². The quantitative estimate of drug-likeness (QED) is 0.583. The maximum Gasteiger partial charge on any atom is 0.254 e. The molecule has 1 N–H and O–H groups in total. The Morgan fingerprint density at radius 2 is 2.10 bits per heavy atom. The van der Waals surface area contributed by atoms with Crippen LogP contribution in [0.3, 0.4) is 0 Å². The number of fused-ring (bicyclic) bond motifs is 1. The monoisotopic (exact) mass is 459 g/mol. The normalized spacial score (nSPS) is 17.7. The predicted molar refractivity (Wildman–Crippen MR) is 121 cm³/mol. The molecule has 1 aromatic heterocycles. The molecule has 31 heavy (non-hydrogen) atoms. The van der Waals surface area contributed by atoms with Crippen LogP contribution >= 0.6 is 11.3 Å². The Labute approximate surface area is 186 Å². The van der Waals surface area contributed by atoms with E-state index in [1.54, 1.807) is 35.4 Å². The van der Waals surface area contributed by atoms with Crippen LogP contribution in [0.15, 0.2) is 53.4 Å². The zero-order chi connectivity index (χ0) is 22.0. The summed E-state index contributed by atoms with van der Waals surface area (Å²) in [6, 6.07) is 13.7. The van der Waals surface area contributed by atoms with Gasteiger partial charge in [0.1, 0.15) is 5.01 Å². The third-order valence-corrected chi connectivity index (χ3v) is 8.11. The molecule has 0 saturated carbocycles. The molecule has 1 amide bonds. The first-order valence-corrected chi connectivity index (χ1v) is 12.5. The second-order valence-electron chi connectivity index (χ2n) is 7.63. The molecule has 0 aliphatic carbocycles. The Hall–Kier alpha value is -2.33. The van der Waals surface area contributed by atoms with Gasteiger partial charge in [-0.05, 0) is 50.1 Å². The lowest BCUT2D eigenvalue weighted by atomic mass is 10.2. The summed E-state index contributed by atoms with van der Waals surface area (Å²) in [5.41, 5.74) is 1.22. The van der Waals surface area contributed by atoms with Gasteiger partial charge in [0.15, 0.2) is 0 Å². The molecular weight excluding hydrogens is 434 g/mol. The van der Waals surface area contributed by atoms with Gasteiger partial charge in [-0.2, -0.15) is 0 Å². The summed E-state index contributed by atoms with van der Waals surface area (Å²) in [7, 11) is -2.03. The van der Waals surface area contributed by atoms with Crippen LogP contribution in [-0.2, 0) is 14.8 Å². The number of carbonyl (C=O) groups is 1. The molecule has 1 aliphatic rings. The summed E-state index contributed by atoms with van der Waals surface area (Å²) in [6.07, 6.45) is 1.69. The van der Waals surface area contributed by atoms with Gasteiger partial charge in [-0.3, -0.25) is 4.79 Å². The van der Waals surface area contributed by atoms with Crippen molar-refractivity contribution in [1.82, 2.24) is 14.6 Å². The fraction of sp³-hybridized carbons (Fsp3) is 0.364. The summed E-state index contributed by atoms with van der Waals surface area (Å²) in [5, 5.41) is 0.832. The number of ether oxygens (including phenoxy) is 1. The Balaban J connectivity index is 1.50. The van der Waals surface area contributed by atoms with E-state index >= 15 is 0 Å². The number of thiazole rings is 1. The summed E-state index contributed by atoms with van der Waals surface area (Å²) in [6.45, 7) is 2.81. The van der Waals surface area contributed by atoms with Gasteiger partial charge in [-0.25, -0.2) is 18.1 Å². The maximum atomic E-state index is 13.1. The highest BCUT2D eigenvalue weighted by Gasteiger charge is 2.24. The number of sulfonamides is 1. The van der Waals surface area contributed by atoms with Crippen LogP contribution in [-0.4, -0.2) is 50.5 Å². The van der Waals surface area contributed by atoms with Crippen molar-refractivity contribution in [1.29, 1.82) is 0 Å². The van der Waals surface area contributed by atoms with Gasteiger partial charge in [0.2, 0.25) is 10.0 Å². The predicted octanol–water partition coefficient (Wildman–Crippen LogP) is 3.59. The van der Waals surface area contributed by atoms with Crippen molar-refractivity contribution in [2.45, 2.75) is 36.8 Å². The number of amides is 1. The SMILES string of the molecule is CC(c1nc2ccccc2s1)N(C)C(=O)c1cccc(S(=O)(=O)NCC2CCCO2)c1. The molecule has 2 atom stereocenters. The van der Waals surface area contributed by atoms with Gasteiger partial charge in [0.25, 0.3) is 5.91 Å². The standard InChI is InChI=1S/C22H25N3O4S2/c1-15(21-24-19-10-3-4-11-20(19)30-21)25(2)22(26)16-7-5-9-18(13-16)31(27,28)23-14-17-8-6-12-29-17/h3-5,7,9-11,13,15,17,23H,6,8,12,14H2,1-2H3. The van der Waals surface area contributed by atoms with Crippen LogP contribution < -0.4 is 4.72 Å². The zero-order valence-corrected chi connectivity index (χ0v) is 19.1. The Bertz CT molecular complexity index is 1150. The molecule has 4 rings (SSSR count). The smallest absolute Gasteiger partial charge is 0.254 e. The topological polar surface area (TPSA) is 88.6 Å². The summed E-state index contributed by atoms with van der Waals surface area (Å²) >= 11 is 1.55. The van der Waals surface area contributed by atoms with Crippen molar-refractivity contribution in [2.75, 3.05) is 20.2 Å². The second-order valence-corrected chi connectivity index (χ2v) is 10.5. The summed E-state index contributed by atoms with van der Waals surface area (Å²) in [4.78, 5) is 19.4. The van der Waals surface area contributed by atoms with E-state index in [-0.39, 0.29) is 29.5 Å². The average Bonchev–Trinajstić information content (AvgIpc) is 3.46. The van der Waals surface area contributed by atoms with Crippen LogP contribution in [0.4, 0.5) is 0 Å². The highest BCUT2D eigenvalue weighted by Crippen LogP contribution is 2.29. The van der Waals surface area contributed by atoms with E-state index in [1.807, 2.05) is 31.2 Å². The van der Waals surface area contributed by atoms with Crippen molar-refractivity contribution in [3.05, 3.63) is 59.1 Å². The number of hydrogen-bond acceptors (Lipinski definition) is 6. The van der Waals surface area contributed by atoms with Crippen molar-refractivity contribution >= 4 is 37.5 Å². The van der Waals surface area contributed by atoms with Gasteiger partial charge < -0.3 is 9.64 Å². The largest absolute Gasteiger partial charge is 0.377 e. The van der Waals surface area contributed by atoms with E-state index < -0.39 is 10.0 Å². The number of para-hydroxylation sites is 1. The van der Waals surface area contributed by atoms with Gasteiger partial charge in [-0.1, -0.05) is 18.2 Å². The van der Waals surface area contributed by atoms with Crippen molar-refractivity contribution < 1.29 is 17.9 Å². The lowest BCUT2D eigenvalue weighted by Gasteiger charge is -2.23. The molecule has 2 unspecified atom stereocenters. The number of rotatable bonds is 7. The van der Waals surface area contributed by atoms with Crippen LogP contribution in [0.5, 0.6) is 0 Å². The molecule has 1 saturated heterocycles. The first-order chi connectivity index (χ1) is 14.8. The molecule has 0 bridgehead atoms. The van der Waals surface area contributed by atoms with E-state index in [4.69, 9.17) is 4.74 Å². The lowest BCUT2D eigenvalue weighted by molar-refractivity contribution is 0.0742. The zero-order valence-electron chi connectivity index (χ0n) is 17.4. The minimum Gasteiger partial charge on any atom is -0.377 e. The third-order valence-electron chi connectivity index (χ3n) is 5.49. The fourth-order valence-electron chi connectivity index (χ4n) is 3.50. The minimum atomic E-state index is -3.73. The second kappa shape index (κ2) is 9.04. The highest BCUT2D eigenvalue weighted by molar-refractivity contribution is 7.89. The Morgan fingerprint density at radius 3 is 2.84 bits per heavy atom. The molecule has 0 spiro atoms. The van der Waals surface area contributed by atoms with E-state index in [2.05, 4.69) is 9.71 Å². The molecule has 1 fully saturated rings. The highest BCUT2D eigenvalue weighted by atomic mass is 32.2. The van der Waals surface area contributed by atoms with E-state index in [9.17, 15) is 13.2 Å². The Morgan fingerprint density at radius 1 is 1.29 bits per heavy atom. The van der Waals surface area contributed by atoms with Gasteiger partial charge >= 0.3 is 0 Å². The van der Waals surface area contributed by atoms with Crippen molar-refractivity contribution in [3.8, 4) is 0 Å². The molecule has 164 valence electrons. The molecule has 3 aromatic rings. The number of nitrogens with one attached hydrogen (secondary N) is 1. The first-order valence-electron chi connectivity index (χ1n) is 10.2. The Kier molecular flexibility index (Phi) is 6.38. The van der Waals surface area contributed by atoms with Crippen molar-refractivity contribution in [2.24, 2.45) is 0 Å². The fourth-order valence-corrected chi connectivity index (χ4v) is 5.68. The van der Waals surface area contributed by atoms with Crippen molar-refractivity contribution in [3.63, 3.8) is 0 Å². The lowest BCUT2D eigenvalue weighted by Crippen LogP contribution is -2.32. The molecule has 1 aliphatic heterocycles. The van der Waals surface area contributed by atoms with Gasteiger partial charge in [-0.15, -0.1) is 11.3 Å². The number of hydrogen-bond donors (Lipinski definition) is 1. The summed E-state index contributed by atoms with van der Waals surface area (Å²) in [5.74, 6) is -0.261. The van der Waals surface area contributed by atoms with E-state index in [1.165, 1.54) is 12.1 Å². The third kappa shape index (κ3) is 4.79.